The second kappa shape index (κ2) is 5.57. The fraction of sp³-hybridized carbons (Fsp3) is 0.286. The van der Waals surface area contributed by atoms with E-state index in [4.69, 9.17) is 11.6 Å². The summed E-state index contributed by atoms with van der Waals surface area (Å²) in [5.74, 6) is -1.06. The third kappa shape index (κ3) is 2.66. The van der Waals surface area contributed by atoms with Crippen molar-refractivity contribution < 1.29 is 8.78 Å². The summed E-state index contributed by atoms with van der Waals surface area (Å²) >= 11 is 7.37. The minimum atomic E-state index is -0.551. The van der Waals surface area contributed by atoms with Crippen LogP contribution in [0.4, 0.5) is 8.78 Å². The number of aryl methyl sites for hydroxylation is 2. The molecule has 0 aliphatic carbocycles. The molecule has 2 rings (SSSR count). The van der Waals surface area contributed by atoms with E-state index in [2.05, 4.69) is 5.32 Å². The van der Waals surface area contributed by atoms with Crippen LogP contribution in [0.15, 0.2) is 18.2 Å². The smallest absolute Gasteiger partial charge is 0.134 e. The average Bonchev–Trinajstić information content (AvgIpc) is 2.70. The van der Waals surface area contributed by atoms with E-state index in [1.54, 1.807) is 14.0 Å². The molecule has 0 saturated carbocycles. The van der Waals surface area contributed by atoms with Gasteiger partial charge in [0.05, 0.1) is 10.4 Å². The van der Waals surface area contributed by atoms with Crippen molar-refractivity contribution in [2.24, 2.45) is 0 Å². The number of halogens is 3. The van der Waals surface area contributed by atoms with Gasteiger partial charge in [-0.25, -0.2) is 8.78 Å². The molecule has 1 unspecified atom stereocenters. The highest BCUT2D eigenvalue weighted by molar-refractivity contribution is 7.16. The van der Waals surface area contributed by atoms with E-state index in [1.165, 1.54) is 23.5 Å². The van der Waals surface area contributed by atoms with Crippen molar-refractivity contribution in [3.63, 3.8) is 0 Å². The lowest BCUT2D eigenvalue weighted by Crippen LogP contribution is -2.20. The van der Waals surface area contributed by atoms with Crippen molar-refractivity contribution in [2.45, 2.75) is 19.9 Å². The van der Waals surface area contributed by atoms with E-state index in [0.717, 1.165) is 10.4 Å². The quantitative estimate of drug-likeness (QED) is 0.873. The van der Waals surface area contributed by atoms with E-state index in [9.17, 15) is 8.78 Å². The summed E-state index contributed by atoms with van der Waals surface area (Å²) in [6.07, 6.45) is 0. The standard InChI is InChI=1S/C14H14ClF2NS/c1-7-4-5-9(16)11(12(7)17)13(18-3)10-6-8(2)14(15)19-10/h4-6,13,18H,1-3H3. The minimum absolute atomic E-state index is 0.0421. The Bertz CT molecular complexity index is 590. The molecule has 0 aliphatic heterocycles. The molecular formula is C14H14ClF2NS. The van der Waals surface area contributed by atoms with Crippen molar-refractivity contribution >= 4 is 22.9 Å². The molecule has 0 amide bonds. The molecule has 1 aromatic heterocycles. The topological polar surface area (TPSA) is 12.0 Å². The maximum Gasteiger partial charge on any atom is 0.134 e. The summed E-state index contributed by atoms with van der Waals surface area (Å²) in [4.78, 5) is 0.799. The number of hydrogen-bond acceptors (Lipinski definition) is 2. The predicted molar refractivity (Wildman–Crippen MR) is 76.1 cm³/mol. The van der Waals surface area contributed by atoms with Gasteiger partial charge in [-0.2, -0.15) is 0 Å². The molecule has 0 fully saturated rings. The third-order valence-electron chi connectivity index (χ3n) is 3.06. The lowest BCUT2D eigenvalue weighted by atomic mass is 10.0. The first-order valence-electron chi connectivity index (χ1n) is 5.83. The third-order valence-corrected chi connectivity index (χ3v) is 4.68. The second-order valence-electron chi connectivity index (χ2n) is 4.42. The van der Waals surface area contributed by atoms with E-state index >= 15 is 0 Å². The minimum Gasteiger partial charge on any atom is -0.308 e. The first-order chi connectivity index (χ1) is 8.95. The van der Waals surface area contributed by atoms with Gasteiger partial charge >= 0.3 is 0 Å². The highest BCUT2D eigenvalue weighted by Crippen LogP contribution is 2.36. The van der Waals surface area contributed by atoms with Crippen LogP contribution in [0.2, 0.25) is 4.34 Å². The number of thiophene rings is 1. The molecule has 0 bridgehead atoms. The summed E-state index contributed by atoms with van der Waals surface area (Å²) in [5, 5.41) is 2.96. The van der Waals surface area contributed by atoms with Gasteiger partial charge in [0.15, 0.2) is 0 Å². The summed E-state index contributed by atoms with van der Waals surface area (Å²) in [6, 6.07) is 4.05. The lowest BCUT2D eigenvalue weighted by Gasteiger charge is -2.17. The van der Waals surface area contributed by atoms with Crippen LogP contribution in [-0.4, -0.2) is 7.05 Å². The van der Waals surface area contributed by atoms with Gasteiger partial charge in [-0.15, -0.1) is 11.3 Å². The number of benzene rings is 1. The van der Waals surface area contributed by atoms with Crippen LogP contribution >= 0.6 is 22.9 Å². The highest BCUT2D eigenvalue weighted by atomic mass is 35.5. The van der Waals surface area contributed by atoms with Crippen molar-refractivity contribution in [2.75, 3.05) is 7.05 Å². The Morgan fingerprint density at radius 1 is 1.21 bits per heavy atom. The first-order valence-corrected chi connectivity index (χ1v) is 7.02. The summed E-state index contributed by atoms with van der Waals surface area (Å²) < 4.78 is 28.8. The highest BCUT2D eigenvalue weighted by Gasteiger charge is 2.23. The Kier molecular flexibility index (Phi) is 4.23. The first kappa shape index (κ1) is 14.4. The lowest BCUT2D eigenvalue weighted by molar-refractivity contribution is 0.520. The van der Waals surface area contributed by atoms with Crippen molar-refractivity contribution in [1.29, 1.82) is 0 Å². The van der Waals surface area contributed by atoms with Gasteiger partial charge in [-0.05, 0) is 44.2 Å². The van der Waals surface area contributed by atoms with Gasteiger partial charge < -0.3 is 5.32 Å². The zero-order valence-corrected chi connectivity index (χ0v) is 12.4. The molecule has 1 atom stereocenters. The fourth-order valence-electron chi connectivity index (χ4n) is 2.00. The van der Waals surface area contributed by atoms with Crippen LogP contribution in [0, 0.1) is 25.5 Å². The van der Waals surface area contributed by atoms with E-state index in [1.807, 2.05) is 13.0 Å². The van der Waals surface area contributed by atoms with Crippen molar-refractivity contribution in [3.05, 3.63) is 55.7 Å². The zero-order chi connectivity index (χ0) is 14.2. The van der Waals surface area contributed by atoms with E-state index in [0.29, 0.717) is 9.90 Å². The van der Waals surface area contributed by atoms with Gasteiger partial charge in [-0.3, -0.25) is 0 Å². The fourth-order valence-corrected chi connectivity index (χ4v) is 3.34. The number of rotatable bonds is 3. The Morgan fingerprint density at radius 3 is 2.42 bits per heavy atom. The Balaban J connectivity index is 2.57. The molecule has 0 aliphatic rings. The van der Waals surface area contributed by atoms with Crippen LogP contribution in [0.25, 0.3) is 0 Å². The SMILES string of the molecule is CNC(c1cc(C)c(Cl)s1)c1c(F)ccc(C)c1F. The molecule has 1 nitrogen and oxygen atoms in total. The molecule has 2 aromatic rings. The maximum absolute atomic E-state index is 14.2. The van der Waals surface area contributed by atoms with E-state index in [-0.39, 0.29) is 5.56 Å². The monoisotopic (exact) mass is 301 g/mol. The van der Waals surface area contributed by atoms with Crippen LogP contribution in [0.5, 0.6) is 0 Å². The number of hydrogen-bond donors (Lipinski definition) is 1. The normalized spacial score (nSPS) is 12.7. The molecule has 1 heterocycles. The molecular weight excluding hydrogens is 288 g/mol. The molecule has 0 radical (unpaired) electrons. The largest absolute Gasteiger partial charge is 0.308 e. The molecule has 1 aromatic carbocycles. The van der Waals surface area contributed by atoms with Gasteiger partial charge in [0.25, 0.3) is 0 Å². The Morgan fingerprint density at radius 2 is 1.89 bits per heavy atom. The Labute approximate surface area is 120 Å². The summed E-state index contributed by atoms with van der Waals surface area (Å²) in [6.45, 7) is 3.50. The molecule has 102 valence electrons. The van der Waals surface area contributed by atoms with Gasteiger partial charge in [0.2, 0.25) is 0 Å². The molecule has 0 saturated heterocycles. The summed E-state index contributed by atoms with van der Waals surface area (Å²) in [5.41, 5.74) is 1.38. The summed E-state index contributed by atoms with van der Waals surface area (Å²) in [7, 11) is 1.68. The van der Waals surface area contributed by atoms with Gasteiger partial charge in [0.1, 0.15) is 11.6 Å². The predicted octanol–water partition coefficient (Wildman–Crippen LogP) is 4.61. The van der Waals surface area contributed by atoms with E-state index < -0.39 is 17.7 Å². The van der Waals surface area contributed by atoms with Crippen molar-refractivity contribution in [1.82, 2.24) is 5.32 Å². The molecule has 0 spiro atoms. The van der Waals surface area contributed by atoms with Gasteiger partial charge in [0, 0.05) is 10.4 Å². The maximum atomic E-state index is 14.2. The molecule has 1 N–H and O–H groups in total. The van der Waals surface area contributed by atoms with Crippen LogP contribution in [-0.2, 0) is 0 Å². The van der Waals surface area contributed by atoms with Crippen LogP contribution in [0.1, 0.15) is 27.6 Å². The second-order valence-corrected chi connectivity index (χ2v) is 6.10. The van der Waals surface area contributed by atoms with Crippen molar-refractivity contribution in [3.8, 4) is 0 Å². The zero-order valence-electron chi connectivity index (χ0n) is 10.9. The van der Waals surface area contributed by atoms with Crippen LogP contribution < -0.4 is 5.32 Å². The van der Waals surface area contributed by atoms with Crippen LogP contribution in [0.3, 0.4) is 0 Å². The molecule has 5 heteroatoms. The number of nitrogens with one attached hydrogen (secondary N) is 1. The van der Waals surface area contributed by atoms with Gasteiger partial charge in [-0.1, -0.05) is 17.7 Å². The average molecular weight is 302 g/mol. The molecule has 19 heavy (non-hydrogen) atoms. The Hall–Kier alpha value is -0.970.